The van der Waals surface area contributed by atoms with Crippen LogP contribution in [-0.2, 0) is 4.79 Å². The largest absolute Gasteiger partial charge is 0.371 e. The van der Waals surface area contributed by atoms with E-state index < -0.39 is 5.41 Å². The first-order chi connectivity index (χ1) is 8.40. The first kappa shape index (κ1) is 14.5. The van der Waals surface area contributed by atoms with Gasteiger partial charge in [0.05, 0.1) is 5.41 Å². The van der Waals surface area contributed by atoms with E-state index in [2.05, 4.69) is 48.4 Å². The number of benzene rings is 1. The molecule has 0 radical (unpaired) electrons. The number of hydrazine groups is 1. The molecule has 4 nitrogen and oxygen atoms in total. The van der Waals surface area contributed by atoms with Gasteiger partial charge in [0.25, 0.3) is 0 Å². The summed E-state index contributed by atoms with van der Waals surface area (Å²) in [6.07, 6.45) is 0. The van der Waals surface area contributed by atoms with Crippen LogP contribution < -0.4 is 16.2 Å². The molecule has 0 spiro atoms. The number of anilines is 1. The maximum Gasteiger partial charge on any atom is 0.241 e. The van der Waals surface area contributed by atoms with E-state index in [1.807, 2.05) is 13.8 Å². The lowest BCUT2D eigenvalue weighted by Crippen LogP contribution is -2.47. The second-order valence-electron chi connectivity index (χ2n) is 5.21. The minimum absolute atomic E-state index is 0.145. The molecule has 1 aromatic carbocycles. The Hall–Kier alpha value is -1.55. The molecule has 0 bridgehead atoms. The van der Waals surface area contributed by atoms with Gasteiger partial charge in [-0.15, -0.1) is 0 Å². The van der Waals surface area contributed by atoms with Gasteiger partial charge in [-0.1, -0.05) is 17.7 Å². The van der Waals surface area contributed by atoms with E-state index in [-0.39, 0.29) is 5.91 Å². The maximum atomic E-state index is 11.7. The molecule has 0 aliphatic rings. The highest BCUT2D eigenvalue weighted by atomic mass is 16.2. The fourth-order valence-electron chi connectivity index (χ4n) is 1.89. The SMILES string of the molecule is CCN(CC(C)(C)C(=O)NN)c1ccc(C)cc1. The average Bonchev–Trinajstić information content (AvgIpc) is 2.36. The lowest BCUT2D eigenvalue weighted by atomic mass is 9.91. The van der Waals surface area contributed by atoms with Gasteiger partial charge in [0.2, 0.25) is 5.91 Å². The number of nitrogens with two attached hydrogens (primary N) is 1. The van der Waals surface area contributed by atoms with Crippen LogP contribution in [-0.4, -0.2) is 19.0 Å². The quantitative estimate of drug-likeness (QED) is 0.475. The Morgan fingerprint density at radius 3 is 2.33 bits per heavy atom. The number of rotatable bonds is 5. The molecule has 0 aliphatic carbocycles. The molecule has 1 rings (SSSR count). The molecule has 100 valence electrons. The highest BCUT2D eigenvalue weighted by molar-refractivity contribution is 5.82. The van der Waals surface area contributed by atoms with Crippen LogP contribution in [0.15, 0.2) is 24.3 Å². The summed E-state index contributed by atoms with van der Waals surface area (Å²) in [5.74, 6) is 5.07. The molecular formula is C14H23N3O. The van der Waals surface area contributed by atoms with Crippen LogP contribution in [0.4, 0.5) is 5.69 Å². The monoisotopic (exact) mass is 249 g/mol. The van der Waals surface area contributed by atoms with Crippen molar-refractivity contribution in [3.8, 4) is 0 Å². The van der Waals surface area contributed by atoms with Gasteiger partial charge in [-0.3, -0.25) is 10.2 Å². The van der Waals surface area contributed by atoms with Crippen molar-refractivity contribution in [1.29, 1.82) is 0 Å². The summed E-state index contributed by atoms with van der Waals surface area (Å²) in [7, 11) is 0. The van der Waals surface area contributed by atoms with Gasteiger partial charge in [-0.2, -0.15) is 0 Å². The molecule has 0 atom stereocenters. The predicted molar refractivity (Wildman–Crippen MR) is 75.2 cm³/mol. The Kier molecular flexibility index (Phi) is 4.73. The number of hydrogen-bond acceptors (Lipinski definition) is 3. The first-order valence-electron chi connectivity index (χ1n) is 6.23. The van der Waals surface area contributed by atoms with E-state index in [9.17, 15) is 4.79 Å². The standard InChI is InChI=1S/C14H23N3O/c1-5-17(10-14(3,4)13(18)16-15)12-8-6-11(2)7-9-12/h6-9H,5,10,15H2,1-4H3,(H,16,18). The average molecular weight is 249 g/mol. The first-order valence-corrected chi connectivity index (χ1v) is 6.23. The summed E-state index contributed by atoms with van der Waals surface area (Å²) in [5.41, 5.74) is 4.07. The van der Waals surface area contributed by atoms with E-state index in [4.69, 9.17) is 5.84 Å². The molecule has 0 saturated carbocycles. The number of amides is 1. The number of nitrogens with one attached hydrogen (secondary N) is 1. The molecule has 0 fully saturated rings. The Morgan fingerprint density at radius 2 is 1.89 bits per heavy atom. The Morgan fingerprint density at radius 1 is 1.33 bits per heavy atom. The summed E-state index contributed by atoms with van der Waals surface area (Å²) in [6.45, 7) is 9.42. The fourth-order valence-corrected chi connectivity index (χ4v) is 1.89. The van der Waals surface area contributed by atoms with Crippen LogP contribution in [0.1, 0.15) is 26.3 Å². The molecule has 0 aliphatic heterocycles. The predicted octanol–water partition coefficient (Wildman–Crippen LogP) is 1.84. The molecule has 0 heterocycles. The lowest BCUT2D eigenvalue weighted by molar-refractivity contribution is -0.128. The number of nitrogens with zero attached hydrogens (tertiary/aromatic N) is 1. The molecule has 18 heavy (non-hydrogen) atoms. The van der Waals surface area contributed by atoms with Crippen molar-refractivity contribution in [2.24, 2.45) is 11.3 Å². The third kappa shape index (κ3) is 3.47. The van der Waals surface area contributed by atoms with Crippen LogP contribution >= 0.6 is 0 Å². The lowest BCUT2D eigenvalue weighted by Gasteiger charge is -2.32. The molecule has 0 aromatic heterocycles. The van der Waals surface area contributed by atoms with E-state index in [0.717, 1.165) is 12.2 Å². The molecule has 3 N–H and O–H groups in total. The zero-order chi connectivity index (χ0) is 13.8. The van der Waals surface area contributed by atoms with E-state index in [1.165, 1.54) is 5.56 Å². The molecule has 1 aromatic rings. The Bertz CT molecular complexity index is 398. The maximum absolute atomic E-state index is 11.7. The van der Waals surface area contributed by atoms with Crippen molar-refractivity contribution >= 4 is 11.6 Å². The number of carbonyl (C=O) groups excluding carboxylic acids is 1. The molecule has 1 amide bonds. The summed E-state index contributed by atoms with van der Waals surface area (Å²) < 4.78 is 0. The smallest absolute Gasteiger partial charge is 0.241 e. The third-order valence-corrected chi connectivity index (χ3v) is 3.11. The second-order valence-corrected chi connectivity index (χ2v) is 5.21. The Labute approximate surface area is 109 Å². The topological polar surface area (TPSA) is 58.4 Å². The van der Waals surface area contributed by atoms with Gasteiger partial charge in [-0.05, 0) is 39.8 Å². The summed E-state index contributed by atoms with van der Waals surface area (Å²) in [4.78, 5) is 13.9. The van der Waals surface area contributed by atoms with Gasteiger partial charge in [0.15, 0.2) is 0 Å². The normalized spacial score (nSPS) is 11.2. The van der Waals surface area contributed by atoms with Crippen LogP contribution in [0.3, 0.4) is 0 Å². The fraction of sp³-hybridized carbons (Fsp3) is 0.500. The number of carbonyl (C=O) groups is 1. The van der Waals surface area contributed by atoms with Gasteiger partial charge in [0, 0.05) is 18.8 Å². The van der Waals surface area contributed by atoms with E-state index in [0.29, 0.717) is 6.54 Å². The van der Waals surface area contributed by atoms with Crippen molar-refractivity contribution in [2.75, 3.05) is 18.0 Å². The van der Waals surface area contributed by atoms with Gasteiger partial charge in [0.1, 0.15) is 0 Å². The van der Waals surface area contributed by atoms with Crippen LogP contribution in [0.2, 0.25) is 0 Å². The summed E-state index contributed by atoms with van der Waals surface area (Å²) in [6, 6.07) is 8.31. The molecule has 0 saturated heterocycles. The van der Waals surface area contributed by atoms with Crippen molar-refractivity contribution in [1.82, 2.24) is 5.43 Å². The van der Waals surface area contributed by atoms with Crippen LogP contribution in [0, 0.1) is 12.3 Å². The zero-order valence-corrected chi connectivity index (χ0v) is 11.7. The van der Waals surface area contributed by atoms with Gasteiger partial charge >= 0.3 is 0 Å². The third-order valence-electron chi connectivity index (χ3n) is 3.11. The zero-order valence-electron chi connectivity index (χ0n) is 11.7. The van der Waals surface area contributed by atoms with Gasteiger partial charge < -0.3 is 4.90 Å². The van der Waals surface area contributed by atoms with Gasteiger partial charge in [-0.25, -0.2) is 5.84 Å². The number of hydrogen-bond donors (Lipinski definition) is 2. The highest BCUT2D eigenvalue weighted by Gasteiger charge is 2.29. The van der Waals surface area contributed by atoms with Crippen molar-refractivity contribution < 1.29 is 4.79 Å². The summed E-state index contributed by atoms with van der Waals surface area (Å²) >= 11 is 0. The van der Waals surface area contributed by atoms with E-state index >= 15 is 0 Å². The minimum atomic E-state index is -0.518. The molecule has 4 heteroatoms. The second kappa shape index (κ2) is 5.87. The van der Waals surface area contributed by atoms with Crippen molar-refractivity contribution in [2.45, 2.75) is 27.7 Å². The summed E-state index contributed by atoms with van der Waals surface area (Å²) in [5, 5.41) is 0. The van der Waals surface area contributed by atoms with Crippen LogP contribution in [0.25, 0.3) is 0 Å². The molecule has 0 unspecified atom stereocenters. The van der Waals surface area contributed by atoms with E-state index in [1.54, 1.807) is 0 Å². The van der Waals surface area contributed by atoms with Crippen molar-refractivity contribution in [3.05, 3.63) is 29.8 Å². The minimum Gasteiger partial charge on any atom is -0.371 e. The number of aryl methyl sites for hydroxylation is 1. The molecular weight excluding hydrogens is 226 g/mol. The van der Waals surface area contributed by atoms with Crippen LogP contribution in [0.5, 0.6) is 0 Å². The highest BCUT2D eigenvalue weighted by Crippen LogP contribution is 2.22. The van der Waals surface area contributed by atoms with Crippen molar-refractivity contribution in [3.63, 3.8) is 0 Å². The Balaban J connectivity index is 2.85.